The van der Waals surface area contributed by atoms with Crippen LogP contribution in [0, 0.1) is 0 Å². The van der Waals surface area contributed by atoms with E-state index in [1.165, 1.54) is 29.9 Å². The molecule has 32 heavy (non-hydrogen) atoms. The highest BCUT2D eigenvalue weighted by atomic mass is 16.2. The highest BCUT2D eigenvalue weighted by molar-refractivity contribution is 5.96. The number of primary amides is 1. The summed E-state index contributed by atoms with van der Waals surface area (Å²) in [6.45, 7) is 3.79. The van der Waals surface area contributed by atoms with Gasteiger partial charge in [0.1, 0.15) is 5.56 Å². The first-order valence-electron chi connectivity index (χ1n) is 11.4. The Labute approximate surface area is 186 Å². The Kier molecular flexibility index (Phi) is 5.38. The first-order valence-corrected chi connectivity index (χ1v) is 11.4. The van der Waals surface area contributed by atoms with Crippen LogP contribution < -0.4 is 21.4 Å². The van der Waals surface area contributed by atoms with Crippen molar-refractivity contribution in [3.05, 3.63) is 57.5 Å². The maximum Gasteiger partial charge on any atom is 0.254 e. The van der Waals surface area contributed by atoms with Gasteiger partial charge in [-0.2, -0.15) is 4.98 Å². The summed E-state index contributed by atoms with van der Waals surface area (Å²) >= 11 is 0. The average Bonchev–Trinajstić information content (AvgIpc) is 3.28. The van der Waals surface area contributed by atoms with E-state index in [1.807, 2.05) is 10.6 Å². The smallest absolute Gasteiger partial charge is 0.254 e. The van der Waals surface area contributed by atoms with Gasteiger partial charge < -0.3 is 15.2 Å². The van der Waals surface area contributed by atoms with Crippen molar-refractivity contribution >= 4 is 22.9 Å². The Morgan fingerprint density at radius 3 is 2.84 bits per heavy atom. The number of carbonyl (C=O) groups is 1. The summed E-state index contributed by atoms with van der Waals surface area (Å²) in [7, 11) is 0. The van der Waals surface area contributed by atoms with Gasteiger partial charge in [-0.3, -0.25) is 14.9 Å². The molecule has 0 spiro atoms. The SMILES string of the molecule is CCN(c1ncc2c(=O)c(C(N)=O)cn(-c3ccc4c(c3)CCC4)c2n1)C1CCCCN1. The highest BCUT2D eigenvalue weighted by Gasteiger charge is 2.24. The number of fused-ring (bicyclic) bond motifs is 2. The molecule has 0 saturated carbocycles. The second-order valence-electron chi connectivity index (χ2n) is 8.57. The molecular weight excluding hydrogens is 404 g/mol. The van der Waals surface area contributed by atoms with Crippen LogP contribution in [0.1, 0.15) is 54.1 Å². The van der Waals surface area contributed by atoms with E-state index >= 15 is 0 Å². The number of nitrogens with zero attached hydrogens (tertiary/aromatic N) is 4. The maximum absolute atomic E-state index is 13.0. The van der Waals surface area contributed by atoms with Gasteiger partial charge in [-0.25, -0.2) is 4.98 Å². The zero-order chi connectivity index (χ0) is 22.2. The number of hydrogen-bond donors (Lipinski definition) is 2. The minimum absolute atomic E-state index is 0.0596. The second kappa shape index (κ2) is 8.35. The number of benzene rings is 1. The first kappa shape index (κ1) is 20.6. The van der Waals surface area contributed by atoms with E-state index in [0.29, 0.717) is 17.0 Å². The van der Waals surface area contributed by atoms with E-state index in [2.05, 4.69) is 34.3 Å². The van der Waals surface area contributed by atoms with Gasteiger partial charge in [-0.05, 0) is 75.3 Å². The molecule has 5 rings (SSSR count). The third-order valence-electron chi connectivity index (χ3n) is 6.62. The van der Waals surface area contributed by atoms with Crippen LogP contribution in [0.25, 0.3) is 16.7 Å². The fourth-order valence-electron chi connectivity index (χ4n) is 4.92. The van der Waals surface area contributed by atoms with Gasteiger partial charge in [0.05, 0.1) is 11.6 Å². The lowest BCUT2D eigenvalue weighted by Crippen LogP contribution is -2.49. The number of amides is 1. The van der Waals surface area contributed by atoms with E-state index in [1.54, 1.807) is 0 Å². The molecular formula is C24H28N6O2. The zero-order valence-corrected chi connectivity index (χ0v) is 18.3. The highest BCUT2D eigenvalue weighted by Crippen LogP contribution is 2.26. The molecule has 3 heterocycles. The van der Waals surface area contributed by atoms with Gasteiger partial charge in [-0.1, -0.05) is 6.07 Å². The van der Waals surface area contributed by atoms with Crippen LogP contribution in [0.2, 0.25) is 0 Å². The van der Waals surface area contributed by atoms with Crippen molar-refractivity contribution in [1.82, 2.24) is 19.9 Å². The molecule has 2 aliphatic rings. The minimum atomic E-state index is -0.752. The van der Waals surface area contributed by atoms with Crippen LogP contribution in [0.15, 0.2) is 35.4 Å². The van der Waals surface area contributed by atoms with E-state index in [0.717, 1.165) is 50.9 Å². The van der Waals surface area contributed by atoms with E-state index in [4.69, 9.17) is 10.7 Å². The number of piperidine rings is 1. The fourth-order valence-corrected chi connectivity index (χ4v) is 4.92. The molecule has 2 aromatic heterocycles. The van der Waals surface area contributed by atoms with Crippen LogP contribution in [-0.2, 0) is 12.8 Å². The lowest BCUT2D eigenvalue weighted by atomic mass is 10.1. The first-order chi connectivity index (χ1) is 15.6. The Morgan fingerprint density at radius 2 is 2.09 bits per heavy atom. The molecule has 1 fully saturated rings. The minimum Gasteiger partial charge on any atom is -0.365 e. The zero-order valence-electron chi connectivity index (χ0n) is 18.3. The predicted octanol–water partition coefficient (Wildman–Crippen LogP) is 2.29. The van der Waals surface area contributed by atoms with E-state index in [9.17, 15) is 9.59 Å². The lowest BCUT2D eigenvalue weighted by molar-refractivity contribution is 0.0999. The van der Waals surface area contributed by atoms with E-state index in [-0.39, 0.29) is 11.7 Å². The lowest BCUT2D eigenvalue weighted by Gasteiger charge is -2.34. The van der Waals surface area contributed by atoms with Crippen molar-refractivity contribution in [2.75, 3.05) is 18.0 Å². The summed E-state index contributed by atoms with van der Waals surface area (Å²) in [4.78, 5) is 36.5. The molecule has 1 saturated heterocycles. The molecule has 0 bridgehead atoms. The standard InChI is InChI=1S/C24H28N6O2/c1-2-29(20-8-3-4-11-26-20)24-27-13-18-21(31)19(22(25)32)14-30(23(18)28-24)17-10-9-15-6-5-7-16(15)12-17/h9-10,12-14,20,26H,2-8,11H2,1H3,(H2,25,32). The third kappa shape index (κ3) is 3.54. The Balaban J connectivity index is 1.70. The number of pyridine rings is 1. The summed E-state index contributed by atoms with van der Waals surface area (Å²) in [6.07, 6.45) is 9.81. The normalized spacial score (nSPS) is 18.0. The summed E-state index contributed by atoms with van der Waals surface area (Å²) < 4.78 is 1.81. The number of nitrogens with one attached hydrogen (secondary N) is 1. The Morgan fingerprint density at radius 1 is 1.25 bits per heavy atom. The predicted molar refractivity (Wildman–Crippen MR) is 124 cm³/mol. The van der Waals surface area contributed by atoms with Crippen LogP contribution in [0.4, 0.5) is 5.95 Å². The maximum atomic E-state index is 13.0. The third-order valence-corrected chi connectivity index (χ3v) is 6.62. The summed E-state index contributed by atoms with van der Waals surface area (Å²) in [5.74, 6) is -0.182. The van der Waals surface area contributed by atoms with Crippen molar-refractivity contribution in [2.24, 2.45) is 5.73 Å². The number of nitrogens with two attached hydrogens (primary N) is 1. The summed E-state index contributed by atoms with van der Waals surface area (Å²) in [5, 5.41) is 3.83. The molecule has 3 aromatic rings. The molecule has 166 valence electrons. The van der Waals surface area contributed by atoms with Gasteiger partial charge >= 0.3 is 0 Å². The molecule has 1 atom stereocenters. The van der Waals surface area contributed by atoms with Crippen LogP contribution >= 0.6 is 0 Å². The van der Waals surface area contributed by atoms with Crippen LogP contribution in [0.5, 0.6) is 0 Å². The van der Waals surface area contributed by atoms with Gasteiger partial charge in [0, 0.05) is 24.6 Å². The van der Waals surface area contributed by atoms with Crippen molar-refractivity contribution in [2.45, 2.75) is 51.6 Å². The van der Waals surface area contributed by atoms with E-state index < -0.39 is 11.3 Å². The topological polar surface area (TPSA) is 106 Å². The second-order valence-corrected chi connectivity index (χ2v) is 8.57. The molecule has 8 nitrogen and oxygen atoms in total. The molecule has 1 unspecified atom stereocenters. The number of aryl methyl sites for hydroxylation is 2. The number of hydrogen-bond acceptors (Lipinski definition) is 6. The van der Waals surface area contributed by atoms with Crippen LogP contribution in [0.3, 0.4) is 0 Å². The number of carbonyl (C=O) groups excluding carboxylic acids is 1. The van der Waals surface area contributed by atoms with Crippen molar-refractivity contribution in [3.63, 3.8) is 0 Å². The summed E-state index contributed by atoms with van der Waals surface area (Å²) in [6, 6.07) is 6.26. The van der Waals surface area contributed by atoms with Crippen LogP contribution in [-0.4, -0.2) is 39.7 Å². The monoisotopic (exact) mass is 432 g/mol. The molecule has 0 radical (unpaired) electrons. The van der Waals surface area contributed by atoms with Gasteiger partial charge in [-0.15, -0.1) is 0 Å². The molecule has 1 aliphatic heterocycles. The molecule has 3 N–H and O–H groups in total. The molecule has 8 heteroatoms. The molecule has 1 aliphatic carbocycles. The van der Waals surface area contributed by atoms with Crippen molar-refractivity contribution < 1.29 is 4.79 Å². The van der Waals surface area contributed by atoms with Gasteiger partial charge in [0.25, 0.3) is 5.91 Å². The average molecular weight is 433 g/mol. The summed E-state index contributed by atoms with van der Waals surface area (Å²) in [5.41, 5.74) is 9.03. The van der Waals surface area contributed by atoms with Gasteiger partial charge in [0.2, 0.25) is 11.4 Å². The van der Waals surface area contributed by atoms with Crippen molar-refractivity contribution in [1.29, 1.82) is 0 Å². The van der Waals surface area contributed by atoms with Crippen molar-refractivity contribution in [3.8, 4) is 5.69 Å². The quantitative estimate of drug-likeness (QED) is 0.641. The van der Waals surface area contributed by atoms with Gasteiger partial charge in [0.15, 0.2) is 5.65 Å². The number of rotatable bonds is 5. The molecule has 1 aromatic carbocycles. The Bertz CT molecular complexity index is 1250. The number of anilines is 1. The Hall–Kier alpha value is -3.26. The number of aromatic nitrogens is 3. The molecule has 1 amide bonds. The fraction of sp³-hybridized carbons (Fsp3) is 0.417. The largest absolute Gasteiger partial charge is 0.365 e.